The smallest absolute Gasteiger partial charge is 0.303 e. The average molecular weight is 612 g/mol. The van der Waals surface area contributed by atoms with E-state index in [1.807, 2.05) is 9.47 Å². The van der Waals surface area contributed by atoms with Gasteiger partial charge >= 0.3 is 29.8 Å². The fraction of sp³-hybridized carbons (Fsp3) is 0.739. The maximum Gasteiger partial charge on any atom is 0.303 e. The highest BCUT2D eigenvalue weighted by atomic mass is 31.0. The zero-order valence-corrected chi connectivity index (χ0v) is 24.0. The Morgan fingerprint density at radius 3 is 1.66 bits per heavy atom. The molecule has 0 aliphatic carbocycles. The van der Waals surface area contributed by atoms with Crippen molar-refractivity contribution in [3.05, 3.63) is 0 Å². The van der Waals surface area contributed by atoms with E-state index in [2.05, 4.69) is 0 Å². The number of ether oxygens (including phenoxy) is 9. The number of aliphatic hydroxyl groups is 1. The molecule has 0 aromatic rings. The lowest BCUT2D eigenvalue weighted by Gasteiger charge is -2.47. The van der Waals surface area contributed by atoms with Crippen molar-refractivity contribution in [2.45, 2.75) is 96.0 Å². The Kier molecular flexibility index (Phi) is 13.3. The van der Waals surface area contributed by atoms with Gasteiger partial charge in [0.1, 0.15) is 31.5 Å². The van der Waals surface area contributed by atoms with Crippen LogP contribution in [0.25, 0.3) is 0 Å². The van der Waals surface area contributed by atoms with E-state index >= 15 is 0 Å². The summed E-state index contributed by atoms with van der Waals surface area (Å²) >= 11 is 0. The molecule has 0 saturated carbocycles. The summed E-state index contributed by atoms with van der Waals surface area (Å²) in [5.74, 6) is -3.96. The number of hydrogen-bond donors (Lipinski definition) is 1. The number of carbonyl (C=O) groups is 6. The van der Waals surface area contributed by atoms with E-state index in [1.54, 1.807) is 0 Å². The van der Waals surface area contributed by atoms with Crippen LogP contribution in [0, 0.1) is 0 Å². The number of aliphatic hydroxyl groups excluding tert-OH is 1. The highest BCUT2D eigenvalue weighted by Gasteiger charge is 2.56. The SMILES string of the molecule is CC(=O)OC[C@@H]1O[C@H](OP)[C@@H](O[C@H]2O[C@H](COC(C)=O)[C@@H](OC(C)=O)[C@H](OC=O)[C@@H]2OC(C)=O)[C@@H](OC(C)=O)[C@@H]1O. The maximum absolute atomic E-state index is 12.0. The van der Waals surface area contributed by atoms with Gasteiger partial charge in [-0.2, -0.15) is 0 Å². The molecule has 2 rings (SSSR count). The molecule has 18 heteroatoms. The highest BCUT2D eigenvalue weighted by molar-refractivity contribution is 7.09. The topological polar surface area (TPSA) is 215 Å². The van der Waals surface area contributed by atoms with Crippen LogP contribution in [0.2, 0.25) is 0 Å². The van der Waals surface area contributed by atoms with Gasteiger partial charge in [-0.05, 0) is 0 Å². The summed E-state index contributed by atoms with van der Waals surface area (Å²) in [6.45, 7) is 4.43. The summed E-state index contributed by atoms with van der Waals surface area (Å²) in [5.41, 5.74) is 0. The molecule has 11 atom stereocenters. The summed E-state index contributed by atoms with van der Waals surface area (Å²) in [6, 6.07) is 0. The fourth-order valence-electron chi connectivity index (χ4n) is 4.15. The van der Waals surface area contributed by atoms with Gasteiger partial charge < -0.3 is 52.3 Å². The van der Waals surface area contributed by atoms with Gasteiger partial charge in [0.15, 0.2) is 43.1 Å². The molecule has 0 aromatic carbocycles. The van der Waals surface area contributed by atoms with Crippen molar-refractivity contribution in [3.63, 3.8) is 0 Å². The first-order valence-electron chi connectivity index (χ1n) is 12.2. The Labute approximate surface area is 236 Å². The first-order chi connectivity index (χ1) is 19.3. The summed E-state index contributed by atoms with van der Waals surface area (Å²) in [4.78, 5) is 70.0. The van der Waals surface area contributed by atoms with Crippen LogP contribution in [-0.4, -0.2) is 116 Å². The minimum Gasteiger partial charge on any atom is -0.463 e. The predicted molar refractivity (Wildman–Crippen MR) is 130 cm³/mol. The molecule has 2 aliphatic heterocycles. The molecule has 2 aliphatic rings. The van der Waals surface area contributed by atoms with Crippen molar-refractivity contribution in [2.24, 2.45) is 0 Å². The molecule has 232 valence electrons. The molecule has 0 spiro atoms. The minimum absolute atomic E-state index is 0.00624. The zero-order valence-electron chi connectivity index (χ0n) is 22.8. The summed E-state index contributed by atoms with van der Waals surface area (Å²) in [7, 11) is 1.90. The van der Waals surface area contributed by atoms with Gasteiger partial charge in [0, 0.05) is 44.1 Å². The van der Waals surface area contributed by atoms with Gasteiger partial charge in [-0.25, -0.2) is 0 Å². The van der Waals surface area contributed by atoms with E-state index in [-0.39, 0.29) is 6.47 Å². The highest BCUT2D eigenvalue weighted by Crippen LogP contribution is 2.34. The molecule has 0 radical (unpaired) electrons. The van der Waals surface area contributed by atoms with E-state index in [4.69, 9.17) is 47.2 Å². The molecular weight excluding hydrogens is 579 g/mol. The van der Waals surface area contributed by atoms with Crippen molar-refractivity contribution in [1.29, 1.82) is 0 Å². The van der Waals surface area contributed by atoms with E-state index in [0.717, 1.165) is 34.6 Å². The third-order valence-corrected chi connectivity index (χ3v) is 5.92. The first-order valence-corrected chi connectivity index (χ1v) is 12.6. The van der Waals surface area contributed by atoms with Gasteiger partial charge in [0.25, 0.3) is 6.47 Å². The predicted octanol–water partition coefficient (Wildman–Crippen LogP) is -1.55. The lowest BCUT2D eigenvalue weighted by molar-refractivity contribution is -0.358. The van der Waals surface area contributed by atoms with E-state index < -0.39 is 104 Å². The number of esters is 5. The Hall–Kier alpha value is -2.95. The zero-order chi connectivity index (χ0) is 30.9. The van der Waals surface area contributed by atoms with Gasteiger partial charge in [0.05, 0.1) is 0 Å². The van der Waals surface area contributed by atoms with Gasteiger partial charge in [0.2, 0.25) is 0 Å². The quantitative estimate of drug-likeness (QED) is 0.114. The largest absolute Gasteiger partial charge is 0.463 e. The van der Waals surface area contributed by atoms with E-state index in [0.29, 0.717) is 0 Å². The van der Waals surface area contributed by atoms with Crippen molar-refractivity contribution < 1.29 is 81.0 Å². The van der Waals surface area contributed by atoms with Crippen molar-refractivity contribution in [1.82, 2.24) is 0 Å². The summed E-state index contributed by atoms with van der Waals surface area (Å²) in [5, 5.41) is 10.9. The molecule has 17 nitrogen and oxygen atoms in total. The van der Waals surface area contributed by atoms with Crippen LogP contribution in [0.3, 0.4) is 0 Å². The molecule has 2 fully saturated rings. The van der Waals surface area contributed by atoms with Crippen molar-refractivity contribution >= 4 is 45.8 Å². The van der Waals surface area contributed by atoms with Crippen LogP contribution in [0.4, 0.5) is 0 Å². The Morgan fingerprint density at radius 1 is 0.683 bits per heavy atom. The van der Waals surface area contributed by atoms with Crippen molar-refractivity contribution in [2.75, 3.05) is 13.2 Å². The molecule has 1 unspecified atom stereocenters. The second kappa shape index (κ2) is 15.9. The molecule has 0 bridgehead atoms. The van der Waals surface area contributed by atoms with Crippen LogP contribution in [0.15, 0.2) is 0 Å². The Balaban J connectivity index is 2.51. The van der Waals surface area contributed by atoms with Crippen molar-refractivity contribution in [3.8, 4) is 0 Å². The third-order valence-electron chi connectivity index (χ3n) is 5.66. The molecule has 2 heterocycles. The Morgan fingerprint density at radius 2 is 1.17 bits per heavy atom. The molecular formula is C23H33O17P. The van der Waals surface area contributed by atoms with E-state index in [1.165, 1.54) is 0 Å². The maximum atomic E-state index is 12.0. The lowest BCUT2D eigenvalue weighted by Crippen LogP contribution is -2.66. The van der Waals surface area contributed by atoms with Crippen LogP contribution in [0.5, 0.6) is 0 Å². The number of carbonyl (C=O) groups excluding carboxylic acids is 6. The van der Waals surface area contributed by atoms with Gasteiger partial charge in [-0.1, -0.05) is 0 Å². The summed E-state index contributed by atoms with van der Waals surface area (Å²) < 4.78 is 53.6. The fourth-order valence-corrected chi connectivity index (χ4v) is 4.37. The minimum atomic E-state index is -1.71. The number of hydrogen-bond acceptors (Lipinski definition) is 17. The lowest BCUT2D eigenvalue weighted by atomic mass is 9.96. The first kappa shape index (κ1) is 34.3. The molecule has 41 heavy (non-hydrogen) atoms. The van der Waals surface area contributed by atoms with Gasteiger partial charge in [-0.15, -0.1) is 0 Å². The number of rotatable bonds is 12. The molecule has 0 amide bonds. The average Bonchev–Trinajstić information content (AvgIpc) is 2.87. The molecule has 1 N–H and O–H groups in total. The van der Waals surface area contributed by atoms with Crippen LogP contribution < -0.4 is 0 Å². The van der Waals surface area contributed by atoms with E-state index in [9.17, 15) is 33.9 Å². The third kappa shape index (κ3) is 9.83. The second-order valence-electron chi connectivity index (χ2n) is 8.84. The molecule has 2 saturated heterocycles. The normalized spacial score (nSPS) is 33.0. The standard InChI is InChI=1S/C23H33O17P/c1-9(25)31-6-14-16(30)18(35-12(4)28)20(23(37-14)40-41)39-22-21(36-13(5)29)19(33-8-24)17(34-11(3)27)15(38-22)7-32-10(2)26/h8,14-23,30H,6-7,41H2,1-5H3/t14-,15+,16+,17+,18-,19-,20-,21-,22+,23+/m0/s1. The van der Waals surface area contributed by atoms with Gasteiger partial charge in [-0.3, -0.25) is 28.8 Å². The monoisotopic (exact) mass is 612 g/mol. The van der Waals surface area contributed by atoms with Crippen LogP contribution in [-0.2, 0) is 75.9 Å². The Bertz CT molecular complexity index is 958. The second-order valence-corrected chi connectivity index (χ2v) is 9.11. The van der Waals surface area contributed by atoms with Crippen LogP contribution in [0.1, 0.15) is 34.6 Å². The molecule has 0 aromatic heterocycles. The van der Waals surface area contributed by atoms with Crippen LogP contribution >= 0.6 is 9.47 Å². The summed E-state index contributed by atoms with van der Waals surface area (Å²) in [6.07, 6.45) is -15.0.